The summed E-state index contributed by atoms with van der Waals surface area (Å²) in [6, 6.07) is 0. The third-order valence-corrected chi connectivity index (χ3v) is 2.56. The highest BCUT2D eigenvalue weighted by molar-refractivity contribution is 5.94. The standard InChI is InChI=1S/C10H14O5/c1-3-6(9(12)14-2)4-7-5-8(11)15-10(7)13/h6-7H,3-5H2,1-2H3. The van der Waals surface area contributed by atoms with Gasteiger partial charge in [-0.1, -0.05) is 6.92 Å². The van der Waals surface area contributed by atoms with E-state index >= 15 is 0 Å². The van der Waals surface area contributed by atoms with Crippen LogP contribution in [0, 0.1) is 11.8 Å². The maximum atomic E-state index is 11.3. The Hall–Kier alpha value is -1.39. The highest BCUT2D eigenvalue weighted by atomic mass is 16.6. The second kappa shape index (κ2) is 4.91. The smallest absolute Gasteiger partial charge is 0.317 e. The summed E-state index contributed by atoms with van der Waals surface area (Å²) in [4.78, 5) is 33.2. The molecule has 84 valence electrons. The Balaban J connectivity index is 2.55. The summed E-state index contributed by atoms with van der Waals surface area (Å²) in [6.07, 6.45) is 0.991. The fourth-order valence-corrected chi connectivity index (χ4v) is 1.64. The van der Waals surface area contributed by atoms with Gasteiger partial charge in [0.1, 0.15) is 0 Å². The lowest BCUT2D eigenvalue weighted by molar-refractivity contribution is -0.153. The Labute approximate surface area is 87.7 Å². The molecule has 1 aliphatic rings. The Bertz CT molecular complexity index is 284. The molecule has 2 unspecified atom stereocenters. The zero-order chi connectivity index (χ0) is 11.4. The van der Waals surface area contributed by atoms with Crippen LogP contribution >= 0.6 is 0 Å². The van der Waals surface area contributed by atoms with Crippen molar-refractivity contribution in [2.24, 2.45) is 11.8 Å². The number of ether oxygens (including phenoxy) is 2. The third-order valence-electron chi connectivity index (χ3n) is 2.56. The lowest BCUT2D eigenvalue weighted by Gasteiger charge is -2.13. The molecule has 0 aliphatic carbocycles. The average molecular weight is 214 g/mol. The number of hydrogen-bond donors (Lipinski definition) is 0. The second-order valence-corrected chi connectivity index (χ2v) is 3.56. The summed E-state index contributed by atoms with van der Waals surface area (Å²) in [5.41, 5.74) is 0. The van der Waals surface area contributed by atoms with Gasteiger partial charge in [-0.15, -0.1) is 0 Å². The second-order valence-electron chi connectivity index (χ2n) is 3.56. The van der Waals surface area contributed by atoms with E-state index in [9.17, 15) is 14.4 Å². The molecule has 1 rings (SSSR count). The number of rotatable bonds is 4. The normalized spacial score (nSPS) is 22.4. The zero-order valence-corrected chi connectivity index (χ0v) is 8.82. The van der Waals surface area contributed by atoms with Crippen molar-refractivity contribution < 1.29 is 23.9 Å². The van der Waals surface area contributed by atoms with Crippen molar-refractivity contribution in [3.05, 3.63) is 0 Å². The largest absolute Gasteiger partial charge is 0.469 e. The van der Waals surface area contributed by atoms with Gasteiger partial charge in [-0.2, -0.15) is 0 Å². The quantitative estimate of drug-likeness (QED) is 0.508. The summed E-state index contributed by atoms with van der Waals surface area (Å²) < 4.78 is 9.00. The molecule has 0 bridgehead atoms. The molecule has 0 aromatic carbocycles. The van der Waals surface area contributed by atoms with Crippen LogP contribution in [-0.4, -0.2) is 25.0 Å². The molecular weight excluding hydrogens is 200 g/mol. The number of hydrogen-bond acceptors (Lipinski definition) is 5. The summed E-state index contributed by atoms with van der Waals surface area (Å²) in [7, 11) is 1.31. The van der Waals surface area contributed by atoms with Crippen LogP contribution in [0.15, 0.2) is 0 Å². The van der Waals surface area contributed by atoms with Crippen molar-refractivity contribution in [3.63, 3.8) is 0 Å². The number of methoxy groups -OCH3 is 1. The van der Waals surface area contributed by atoms with Gasteiger partial charge in [-0.25, -0.2) is 0 Å². The molecule has 1 aliphatic heterocycles. The third kappa shape index (κ3) is 2.78. The van der Waals surface area contributed by atoms with Crippen molar-refractivity contribution in [2.45, 2.75) is 26.2 Å². The minimum atomic E-state index is -0.526. The van der Waals surface area contributed by atoms with Crippen LogP contribution in [0.4, 0.5) is 0 Å². The molecule has 0 radical (unpaired) electrons. The van der Waals surface area contributed by atoms with Crippen LogP contribution in [0.5, 0.6) is 0 Å². The average Bonchev–Trinajstić information content (AvgIpc) is 2.52. The van der Waals surface area contributed by atoms with E-state index in [1.165, 1.54) is 7.11 Å². The monoisotopic (exact) mass is 214 g/mol. The van der Waals surface area contributed by atoms with E-state index in [-0.39, 0.29) is 18.3 Å². The van der Waals surface area contributed by atoms with Crippen molar-refractivity contribution in [2.75, 3.05) is 7.11 Å². The molecule has 15 heavy (non-hydrogen) atoms. The van der Waals surface area contributed by atoms with Crippen LogP contribution in [0.1, 0.15) is 26.2 Å². The summed E-state index contributed by atoms with van der Waals surface area (Å²) in [6.45, 7) is 1.84. The van der Waals surface area contributed by atoms with Crippen LogP contribution < -0.4 is 0 Å². The SMILES string of the molecule is CCC(CC1CC(=O)OC1=O)C(=O)OC. The van der Waals surface area contributed by atoms with Gasteiger partial charge in [-0.05, 0) is 12.8 Å². The van der Waals surface area contributed by atoms with Gasteiger partial charge in [0.25, 0.3) is 0 Å². The summed E-state index contributed by atoms with van der Waals surface area (Å²) >= 11 is 0. The van der Waals surface area contributed by atoms with E-state index in [1.807, 2.05) is 6.92 Å². The lowest BCUT2D eigenvalue weighted by atomic mass is 9.91. The Morgan fingerprint density at radius 1 is 1.60 bits per heavy atom. The highest BCUT2D eigenvalue weighted by Crippen LogP contribution is 2.25. The number of carbonyl (C=O) groups is 3. The highest BCUT2D eigenvalue weighted by Gasteiger charge is 2.36. The topological polar surface area (TPSA) is 69.7 Å². The Kier molecular flexibility index (Phi) is 3.82. The first-order valence-corrected chi connectivity index (χ1v) is 4.90. The van der Waals surface area contributed by atoms with Gasteiger partial charge in [0.05, 0.1) is 25.4 Å². The Morgan fingerprint density at radius 3 is 2.67 bits per heavy atom. The predicted octanol–water partition coefficient (Wildman–Crippen LogP) is 0.665. The van der Waals surface area contributed by atoms with Gasteiger partial charge in [-0.3, -0.25) is 14.4 Å². The first-order chi connectivity index (χ1) is 7.08. The minimum absolute atomic E-state index is 0.0757. The van der Waals surface area contributed by atoms with Gasteiger partial charge in [0.2, 0.25) is 0 Å². The molecule has 0 aromatic rings. The number of esters is 3. The van der Waals surface area contributed by atoms with E-state index in [1.54, 1.807) is 0 Å². The van der Waals surface area contributed by atoms with Gasteiger partial charge >= 0.3 is 17.9 Å². The molecule has 0 amide bonds. The fourth-order valence-electron chi connectivity index (χ4n) is 1.64. The maximum absolute atomic E-state index is 11.3. The fraction of sp³-hybridized carbons (Fsp3) is 0.700. The number of cyclic esters (lactones) is 2. The van der Waals surface area contributed by atoms with E-state index in [0.29, 0.717) is 12.8 Å². The molecule has 0 aromatic heterocycles. The molecule has 1 saturated heterocycles. The number of carbonyl (C=O) groups excluding carboxylic acids is 3. The molecule has 1 fully saturated rings. The summed E-state index contributed by atoms with van der Waals surface area (Å²) in [5, 5.41) is 0. The van der Waals surface area contributed by atoms with Gasteiger partial charge < -0.3 is 9.47 Å². The van der Waals surface area contributed by atoms with Gasteiger partial charge in [0.15, 0.2) is 0 Å². The maximum Gasteiger partial charge on any atom is 0.317 e. The molecule has 0 N–H and O–H groups in total. The van der Waals surface area contributed by atoms with E-state index in [0.717, 1.165) is 0 Å². The molecule has 5 nitrogen and oxygen atoms in total. The van der Waals surface area contributed by atoms with Crippen molar-refractivity contribution in [1.82, 2.24) is 0 Å². The predicted molar refractivity (Wildman–Crippen MR) is 49.6 cm³/mol. The van der Waals surface area contributed by atoms with Crippen molar-refractivity contribution in [3.8, 4) is 0 Å². The first kappa shape index (κ1) is 11.7. The minimum Gasteiger partial charge on any atom is -0.469 e. The Morgan fingerprint density at radius 2 is 2.27 bits per heavy atom. The molecule has 0 saturated carbocycles. The van der Waals surface area contributed by atoms with E-state index in [4.69, 9.17) is 0 Å². The summed E-state index contributed by atoms with van der Waals surface area (Å²) in [5.74, 6) is -2.20. The molecular formula is C10H14O5. The van der Waals surface area contributed by atoms with Crippen molar-refractivity contribution >= 4 is 17.9 Å². The van der Waals surface area contributed by atoms with Crippen LogP contribution in [0.2, 0.25) is 0 Å². The molecule has 0 spiro atoms. The van der Waals surface area contributed by atoms with Crippen LogP contribution in [0.3, 0.4) is 0 Å². The zero-order valence-electron chi connectivity index (χ0n) is 8.82. The molecule has 2 atom stereocenters. The molecule has 1 heterocycles. The van der Waals surface area contributed by atoms with E-state index < -0.39 is 17.9 Å². The van der Waals surface area contributed by atoms with E-state index in [2.05, 4.69) is 9.47 Å². The van der Waals surface area contributed by atoms with Crippen LogP contribution in [0.25, 0.3) is 0 Å². The van der Waals surface area contributed by atoms with Crippen molar-refractivity contribution in [1.29, 1.82) is 0 Å². The molecule has 5 heteroatoms. The van der Waals surface area contributed by atoms with Crippen LogP contribution in [-0.2, 0) is 23.9 Å². The van der Waals surface area contributed by atoms with Gasteiger partial charge in [0, 0.05) is 0 Å². The lowest BCUT2D eigenvalue weighted by Crippen LogP contribution is -2.21. The first-order valence-electron chi connectivity index (χ1n) is 4.90.